The molecule has 0 aliphatic heterocycles. The molecular weight excluding hydrogens is 981 g/mol. The second-order valence-corrected chi connectivity index (χ2v) is 23.8. The molecule has 0 saturated carbocycles. The first kappa shape index (κ1) is 48.5. The summed E-state index contributed by atoms with van der Waals surface area (Å²) < 4.78 is 0. The Morgan fingerprint density at radius 2 is 0.469 bits per heavy atom. The van der Waals surface area contributed by atoms with Crippen molar-refractivity contribution in [2.45, 2.75) is 57.8 Å². The van der Waals surface area contributed by atoms with Crippen molar-refractivity contribution >= 4 is 0 Å². The van der Waals surface area contributed by atoms with E-state index in [9.17, 15) is 0 Å². The number of pyridine rings is 4. The minimum atomic E-state index is -0.205. The maximum absolute atomic E-state index is 5.11. The van der Waals surface area contributed by atoms with Crippen molar-refractivity contribution in [2.75, 3.05) is 0 Å². The third-order valence-electron chi connectivity index (χ3n) is 18.1. The Kier molecular flexibility index (Phi) is 10.9. The molecule has 4 heterocycles. The first-order chi connectivity index (χ1) is 39.4. The fourth-order valence-electron chi connectivity index (χ4n) is 13.7. The second-order valence-electron chi connectivity index (χ2n) is 23.8. The summed E-state index contributed by atoms with van der Waals surface area (Å²) in [6, 6.07) is 84.4. The largest absolute Gasteiger partial charge is 0.255 e. The van der Waals surface area contributed by atoms with Crippen LogP contribution in [0.3, 0.4) is 0 Å². The highest BCUT2D eigenvalue weighted by molar-refractivity contribution is 5.93. The van der Waals surface area contributed by atoms with E-state index in [1.807, 2.05) is 60.9 Å². The lowest BCUT2D eigenvalue weighted by atomic mass is 9.79. The lowest BCUT2D eigenvalue weighted by molar-refractivity contribution is 0.659. The molecule has 12 aromatic rings. The van der Waals surface area contributed by atoms with Crippen LogP contribution in [-0.4, -0.2) is 19.9 Å². The van der Waals surface area contributed by atoms with Gasteiger partial charge in [-0.05, 0) is 196 Å². The van der Waals surface area contributed by atoms with Gasteiger partial charge in [-0.3, -0.25) is 9.97 Å². The molecule has 0 radical (unpaired) electrons. The highest BCUT2D eigenvalue weighted by Gasteiger charge is 2.40. The normalized spacial score (nSPS) is 14.3. The van der Waals surface area contributed by atoms with Gasteiger partial charge in [0.15, 0.2) is 0 Å². The smallest absolute Gasteiger partial charge is 0.0893 e. The zero-order chi connectivity index (χ0) is 54.8. The molecule has 81 heavy (non-hydrogen) atoms. The van der Waals surface area contributed by atoms with Crippen LogP contribution >= 0.6 is 0 Å². The number of nitrogens with zero attached hydrogens (tertiary/aromatic N) is 4. The molecule has 4 aromatic heterocycles. The van der Waals surface area contributed by atoms with E-state index in [4.69, 9.17) is 9.97 Å². The molecule has 0 bridgehead atoms. The van der Waals surface area contributed by atoms with E-state index >= 15 is 0 Å². The lowest BCUT2D eigenvalue weighted by Gasteiger charge is -2.24. The minimum Gasteiger partial charge on any atom is -0.255 e. The molecule has 0 unspecified atom stereocenters. The molecule has 4 nitrogen and oxygen atoms in total. The van der Waals surface area contributed by atoms with Gasteiger partial charge in [-0.2, -0.15) is 0 Å². The quantitative estimate of drug-likeness (QED) is 0.152. The fraction of sp³-hybridized carbons (Fsp3) is 0.117. The summed E-state index contributed by atoms with van der Waals surface area (Å²) >= 11 is 0. The van der Waals surface area contributed by atoms with Gasteiger partial charge < -0.3 is 0 Å². The summed E-state index contributed by atoms with van der Waals surface area (Å²) in [5.74, 6) is 0. The first-order valence-corrected chi connectivity index (χ1v) is 28.3. The Morgan fingerprint density at radius 1 is 0.210 bits per heavy atom. The Bertz CT molecular complexity index is 4260. The van der Waals surface area contributed by atoms with Gasteiger partial charge in [0.05, 0.1) is 34.2 Å². The van der Waals surface area contributed by atoms with E-state index in [0.717, 1.165) is 45.3 Å². The maximum atomic E-state index is 5.11. The second kappa shape index (κ2) is 18.2. The molecule has 3 aliphatic carbocycles. The van der Waals surface area contributed by atoms with E-state index in [2.05, 4.69) is 234 Å². The molecular formula is C77H58N4. The van der Waals surface area contributed by atoms with E-state index in [1.54, 1.807) is 0 Å². The zero-order valence-corrected chi connectivity index (χ0v) is 46.4. The molecule has 0 fully saturated rings. The standard InChI is InChI=1S/C77H58N4/c1-75(2)63-41-47(49-29-35-57-59-37-31-51(45-67(59)76(3,4)65(57)43-49)53-17-7-9-19-61(53)69-23-15-25-73(80-69)71-21-11-13-39-78-71)27-33-55(63)56-34-28-48(42-64(56)75)50-30-36-58-60-38-32-52(46-68(60)77(5,6)66(58)44-50)54-18-8-10-20-62(54)70-24-16-26-74(81-70)72-22-12-14-40-79-72/h7-46H,1-6H3. The zero-order valence-electron chi connectivity index (χ0n) is 46.4. The van der Waals surface area contributed by atoms with Crippen molar-refractivity contribution in [3.63, 3.8) is 0 Å². The molecule has 0 saturated heterocycles. The molecule has 0 atom stereocenters. The summed E-state index contributed by atoms with van der Waals surface area (Å²) in [4.78, 5) is 19.4. The van der Waals surface area contributed by atoms with Gasteiger partial charge in [0.1, 0.15) is 0 Å². The Balaban J connectivity index is 0.704. The Hall–Kier alpha value is -9.64. The average Bonchev–Trinajstić information content (AvgIpc) is 2.86. The maximum Gasteiger partial charge on any atom is 0.0893 e. The number of fused-ring (bicyclic) bond motifs is 9. The summed E-state index contributed by atoms with van der Waals surface area (Å²) in [6.07, 6.45) is 3.64. The van der Waals surface area contributed by atoms with Gasteiger partial charge in [0.25, 0.3) is 0 Å². The number of rotatable bonds is 8. The molecule has 386 valence electrons. The highest BCUT2D eigenvalue weighted by atomic mass is 14.8. The number of aromatic nitrogens is 4. The van der Waals surface area contributed by atoms with Gasteiger partial charge in [-0.1, -0.05) is 187 Å². The van der Waals surface area contributed by atoms with E-state index < -0.39 is 0 Å². The van der Waals surface area contributed by atoms with Crippen molar-refractivity contribution in [3.8, 4) is 123 Å². The van der Waals surface area contributed by atoms with Crippen LogP contribution in [0.4, 0.5) is 0 Å². The molecule has 0 N–H and O–H groups in total. The summed E-state index contributed by atoms with van der Waals surface area (Å²) in [6.45, 7) is 14.4. The van der Waals surface area contributed by atoms with Crippen molar-refractivity contribution in [1.29, 1.82) is 0 Å². The Labute approximate surface area is 474 Å². The van der Waals surface area contributed by atoms with Crippen molar-refractivity contribution in [3.05, 3.63) is 276 Å². The predicted octanol–water partition coefficient (Wildman–Crippen LogP) is 19.5. The lowest BCUT2D eigenvalue weighted by Crippen LogP contribution is -2.16. The first-order valence-electron chi connectivity index (χ1n) is 28.3. The minimum absolute atomic E-state index is 0.195. The van der Waals surface area contributed by atoms with Gasteiger partial charge in [-0.15, -0.1) is 0 Å². The summed E-state index contributed by atoms with van der Waals surface area (Å²) in [7, 11) is 0. The van der Waals surface area contributed by atoms with Crippen molar-refractivity contribution in [1.82, 2.24) is 19.9 Å². The van der Waals surface area contributed by atoms with Gasteiger partial charge in [0.2, 0.25) is 0 Å². The van der Waals surface area contributed by atoms with Crippen molar-refractivity contribution in [2.24, 2.45) is 0 Å². The van der Waals surface area contributed by atoms with E-state index in [1.165, 1.54) is 111 Å². The summed E-state index contributed by atoms with van der Waals surface area (Å²) in [5, 5.41) is 0. The van der Waals surface area contributed by atoms with Crippen LogP contribution in [0, 0.1) is 0 Å². The van der Waals surface area contributed by atoms with Crippen LogP contribution in [0.1, 0.15) is 74.9 Å². The number of hydrogen-bond acceptors (Lipinski definition) is 4. The van der Waals surface area contributed by atoms with E-state index in [-0.39, 0.29) is 16.2 Å². The van der Waals surface area contributed by atoms with Crippen molar-refractivity contribution < 1.29 is 0 Å². The molecule has 0 spiro atoms. The third-order valence-corrected chi connectivity index (χ3v) is 18.1. The molecule has 4 heteroatoms. The topological polar surface area (TPSA) is 51.6 Å². The summed E-state index contributed by atoms with van der Waals surface area (Å²) in [5.41, 5.74) is 32.7. The molecule has 8 aromatic carbocycles. The molecule has 0 amide bonds. The monoisotopic (exact) mass is 1040 g/mol. The van der Waals surface area contributed by atoms with Gasteiger partial charge >= 0.3 is 0 Å². The van der Waals surface area contributed by atoms with Crippen LogP contribution in [0.25, 0.3) is 123 Å². The third kappa shape index (κ3) is 7.72. The molecule has 3 aliphatic rings. The van der Waals surface area contributed by atoms with Crippen LogP contribution in [0.5, 0.6) is 0 Å². The highest BCUT2D eigenvalue weighted by Crippen LogP contribution is 2.55. The SMILES string of the molecule is CC1(C)c2cc(-c3ccc4c(c3)C(C)(C)c3cc(-c5ccccc5-c5cccc(-c6ccccn6)n5)ccc3-4)ccc2-c2ccc(-c3ccc4c(c3)C(C)(C)c3cc(-c5ccccc5-c5cccc(-c6ccccn6)n5)ccc3-4)cc21. The van der Waals surface area contributed by atoms with Gasteiger partial charge in [0, 0.05) is 39.8 Å². The average molecular weight is 1040 g/mol. The van der Waals surface area contributed by atoms with Crippen LogP contribution in [0.15, 0.2) is 243 Å². The fourth-order valence-corrected chi connectivity index (χ4v) is 13.7. The Morgan fingerprint density at radius 3 is 0.778 bits per heavy atom. The number of benzene rings is 8. The van der Waals surface area contributed by atoms with Crippen LogP contribution in [0.2, 0.25) is 0 Å². The van der Waals surface area contributed by atoms with E-state index in [0.29, 0.717) is 0 Å². The van der Waals surface area contributed by atoms with Gasteiger partial charge in [-0.25, -0.2) is 9.97 Å². The number of hydrogen-bond donors (Lipinski definition) is 0. The van der Waals surface area contributed by atoms with Crippen LogP contribution < -0.4 is 0 Å². The molecule has 15 rings (SSSR count). The predicted molar refractivity (Wildman–Crippen MR) is 334 cm³/mol. The van der Waals surface area contributed by atoms with Crippen LogP contribution in [-0.2, 0) is 16.2 Å².